The largest absolute Gasteiger partial charge is 0.460 e. The molecule has 0 aliphatic heterocycles. The fourth-order valence-corrected chi connectivity index (χ4v) is 3.49. The van der Waals surface area contributed by atoms with Crippen LogP contribution in [0.2, 0.25) is 0 Å². The van der Waals surface area contributed by atoms with Crippen LogP contribution in [0, 0.1) is 20.8 Å². The first-order chi connectivity index (χ1) is 9.15. The van der Waals surface area contributed by atoms with E-state index >= 15 is 0 Å². The molecular weight excluding hydrogens is 252 g/mol. The zero-order valence-electron chi connectivity index (χ0n) is 11.4. The predicted molar refractivity (Wildman–Crippen MR) is 81.0 cm³/mol. The second kappa shape index (κ2) is 4.78. The minimum Gasteiger partial charge on any atom is -0.460 e. The number of hydrogen-bond acceptors (Lipinski definition) is 2. The van der Waals surface area contributed by atoms with Gasteiger partial charge in [0.1, 0.15) is 11.3 Å². The number of benzene rings is 2. The molecule has 1 heterocycles. The van der Waals surface area contributed by atoms with Crippen molar-refractivity contribution in [3.05, 3.63) is 59.4 Å². The van der Waals surface area contributed by atoms with Crippen LogP contribution in [0.15, 0.2) is 56.7 Å². The summed E-state index contributed by atoms with van der Waals surface area (Å²) in [4.78, 5) is 2.48. The first-order valence-corrected chi connectivity index (χ1v) is 7.20. The highest BCUT2D eigenvalue weighted by Crippen LogP contribution is 2.39. The lowest BCUT2D eigenvalue weighted by Gasteiger charge is -2.03. The Morgan fingerprint density at radius 1 is 0.947 bits per heavy atom. The lowest BCUT2D eigenvalue weighted by Crippen LogP contribution is -1.80. The van der Waals surface area contributed by atoms with Crippen molar-refractivity contribution in [3.63, 3.8) is 0 Å². The van der Waals surface area contributed by atoms with Crippen LogP contribution in [-0.4, -0.2) is 0 Å². The summed E-state index contributed by atoms with van der Waals surface area (Å²) in [7, 11) is 0. The van der Waals surface area contributed by atoms with Crippen molar-refractivity contribution < 1.29 is 4.42 Å². The maximum absolute atomic E-state index is 5.91. The molecule has 96 valence electrons. The molecule has 0 atom stereocenters. The second-order valence-corrected chi connectivity index (χ2v) is 5.94. The molecule has 0 radical (unpaired) electrons. The van der Waals surface area contributed by atoms with Gasteiger partial charge in [-0.2, -0.15) is 0 Å². The van der Waals surface area contributed by atoms with Gasteiger partial charge in [-0.05, 0) is 50.1 Å². The van der Waals surface area contributed by atoms with Gasteiger partial charge in [0.15, 0.2) is 0 Å². The highest BCUT2D eigenvalue weighted by atomic mass is 32.2. The molecule has 0 aliphatic rings. The van der Waals surface area contributed by atoms with E-state index in [1.165, 1.54) is 26.3 Å². The molecule has 2 aromatic carbocycles. The van der Waals surface area contributed by atoms with Gasteiger partial charge in [0.2, 0.25) is 0 Å². The van der Waals surface area contributed by atoms with Gasteiger partial charge in [-0.3, -0.25) is 0 Å². The molecule has 2 heteroatoms. The Labute approximate surface area is 117 Å². The van der Waals surface area contributed by atoms with Crippen molar-refractivity contribution in [1.29, 1.82) is 0 Å². The van der Waals surface area contributed by atoms with E-state index in [0.717, 1.165) is 11.3 Å². The van der Waals surface area contributed by atoms with Crippen molar-refractivity contribution in [3.8, 4) is 0 Å². The Morgan fingerprint density at radius 2 is 1.68 bits per heavy atom. The monoisotopic (exact) mass is 268 g/mol. The Hall–Kier alpha value is -1.67. The van der Waals surface area contributed by atoms with Crippen molar-refractivity contribution in [2.45, 2.75) is 30.6 Å². The fraction of sp³-hybridized carbons (Fsp3) is 0.176. The molecule has 1 aromatic heterocycles. The third-order valence-corrected chi connectivity index (χ3v) is 4.42. The van der Waals surface area contributed by atoms with Crippen LogP contribution in [-0.2, 0) is 0 Å². The average molecular weight is 268 g/mol. The van der Waals surface area contributed by atoms with Crippen LogP contribution in [0.5, 0.6) is 0 Å². The van der Waals surface area contributed by atoms with E-state index in [-0.39, 0.29) is 0 Å². The average Bonchev–Trinajstić information content (AvgIpc) is 2.67. The summed E-state index contributed by atoms with van der Waals surface area (Å²) in [5.74, 6) is 0.998. The Balaban J connectivity index is 2.16. The summed E-state index contributed by atoms with van der Waals surface area (Å²) in [6.07, 6.45) is 0. The molecule has 0 N–H and O–H groups in total. The maximum Gasteiger partial charge on any atom is 0.135 e. The van der Waals surface area contributed by atoms with Crippen LogP contribution < -0.4 is 0 Å². The van der Waals surface area contributed by atoms with Gasteiger partial charge in [-0.25, -0.2) is 0 Å². The van der Waals surface area contributed by atoms with E-state index in [2.05, 4.69) is 50.2 Å². The van der Waals surface area contributed by atoms with Gasteiger partial charge in [-0.1, -0.05) is 36.0 Å². The number of aryl methyl sites for hydroxylation is 3. The van der Waals surface area contributed by atoms with Gasteiger partial charge in [0, 0.05) is 10.3 Å². The first-order valence-electron chi connectivity index (χ1n) is 6.38. The molecular formula is C17H16OS. The Bertz CT molecular complexity index is 726. The van der Waals surface area contributed by atoms with Crippen molar-refractivity contribution in [1.82, 2.24) is 0 Å². The molecule has 0 bridgehead atoms. The lowest BCUT2D eigenvalue weighted by atomic mass is 10.1. The van der Waals surface area contributed by atoms with Crippen LogP contribution in [0.25, 0.3) is 11.0 Å². The van der Waals surface area contributed by atoms with Crippen LogP contribution in [0.3, 0.4) is 0 Å². The maximum atomic E-state index is 5.91. The highest BCUT2D eigenvalue weighted by molar-refractivity contribution is 7.99. The van der Waals surface area contributed by atoms with E-state index in [1.807, 2.05) is 13.0 Å². The number of furan rings is 1. The van der Waals surface area contributed by atoms with Gasteiger partial charge in [0.25, 0.3) is 0 Å². The zero-order chi connectivity index (χ0) is 13.4. The zero-order valence-corrected chi connectivity index (χ0v) is 12.2. The third-order valence-electron chi connectivity index (χ3n) is 3.22. The van der Waals surface area contributed by atoms with Gasteiger partial charge >= 0.3 is 0 Å². The normalized spacial score (nSPS) is 11.1. The van der Waals surface area contributed by atoms with Gasteiger partial charge < -0.3 is 4.42 Å². The Kier molecular flexibility index (Phi) is 3.11. The van der Waals surface area contributed by atoms with Crippen molar-refractivity contribution in [2.75, 3.05) is 0 Å². The molecule has 0 aliphatic carbocycles. The molecule has 0 saturated carbocycles. The molecule has 3 rings (SSSR count). The lowest BCUT2D eigenvalue weighted by molar-refractivity contribution is 0.568. The molecule has 19 heavy (non-hydrogen) atoms. The molecule has 0 spiro atoms. The van der Waals surface area contributed by atoms with Gasteiger partial charge in [0.05, 0.1) is 4.90 Å². The topological polar surface area (TPSA) is 13.1 Å². The van der Waals surface area contributed by atoms with E-state index < -0.39 is 0 Å². The van der Waals surface area contributed by atoms with E-state index in [4.69, 9.17) is 4.42 Å². The number of fused-ring (bicyclic) bond motifs is 1. The van der Waals surface area contributed by atoms with E-state index in [0.29, 0.717) is 0 Å². The van der Waals surface area contributed by atoms with Crippen LogP contribution >= 0.6 is 11.8 Å². The molecule has 0 saturated heterocycles. The second-order valence-electron chi connectivity index (χ2n) is 4.86. The molecule has 0 amide bonds. The van der Waals surface area contributed by atoms with E-state index in [9.17, 15) is 0 Å². The Morgan fingerprint density at radius 3 is 2.42 bits per heavy atom. The minimum atomic E-state index is 0.994. The summed E-state index contributed by atoms with van der Waals surface area (Å²) in [6, 6.07) is 14.8. The smallest absolute Gasteiger partial charge is 0.135 e. The molecule has 0 fully saturated rings. The molecule has 0 unspecified atom stereocenters. The number of hydrogen-bond donors (Lipinski definition) is 0. The highest BCUT2D eigenvalue weighted by Gasteiger charge is 2.14. The fourth-order valence-electron chi connectivity index (χ4n) is 2.42. The summed E-state index contributed by atoms with van der Waals surface area (Å²) in [5.41, 5.74) is 3.52. The van der Waals surface area contributed by atoms with Crippen molar-refractivity contribution in [2.24, 2.45) is 0 Å². The van der Waals surface area contributed by atoms with E-state index in [1.54, 1.807) is 11.8 Å². The molecule has 3 aromatic rings. The minimum absolute atomic E-state index is 0.994. The van der Waals surface area contributed by atoms with Crippen LogP contribution in [0.1, 0.15) is 16.9 Å². The first kappa shape index (κ1) is 12.4. The summed E-state index contributed by atoms with van der Waals surface area (Å²) in [6.45, 7) is 6.30. The van der Waals surface area contributed by atoms with Crippen molar-refractivity contribution >= 4 is 22.7 Å². The number of rotatable bonds is 2. The summed E-state index contributed by atoms with van der Waals surface area (Å²) >= 11 is 1.78. The van der Waals surface area contributed by atoms with Crippen LogP contribution in [0.4, 0.5) is 0 Å². The standard InChI is InChI=1S/C17H16OS/c1-11-9-12(2)16-15(10-11)18-13(3)17(16)19-14-7-5-4-6-8-14/h4-10H,1-3H3. The summed E-state index contributed by atoms with van der Waals surface area (Å²) < 4.78 is 5.91. The predicted octanol–water partition coefficient (Wildman–Crippen LogP) is 5.51. The SMILES string of the molecule is Cc1cc(C)c2c(Sc3ccccc3)c(C)oc2c1. The van der Waals surface area contributed by atoms with Gasteiger partial charge in [-0.15, -0.1) is 0 Å². The summed E-state index contributed by atoms with van der Waals surface area (Å²) in [5, 5.41) is 1.25. The quantitative estimate of drug-likeness (QED) is 0.608. The molecule has 1 nitrogen and oxygen atoms in total. The third kappa shape index (κ3) is 2.28.